The Hall–Kier alpha value is -1.40. The maximum absolute atomic E-state index is 11.9. The van der Waals surface area contributed by atoms with Gasteiger partial charge in [0.15, 0.2) is 9.84 Å². The summed E-state index contributed by atoms with van der Waals surface area (Å²) in [5.74, 6) is 0. The van der Waals surface area contributed by atoms with Gasteiger partial charge >= 0.3 is 0 Å². The molecule has 0 saturated heterocycles. The third-order valence-corrected chi connectivity index (χ3v) is 6.18. The van der Waals surface area contributed by atoms with Crippen molar-refractivity contribution in [3.63, 3.8) is 0 Å². The van der Waals surface area contributed by atoms with Crippen LogP contribution in [0.15, 0.2) is 24.4 Å². The van der Waals surface area contributed by atoms with Gasteiger partial charge < -0.3 is 0 Å². The minimum absolute atomic E-state index is 0.138. The largest absolute Gasteiger partial charge is 0.248 e. The van der Waals surface area contributed by atoms with Crippen molar-refractivity contribution < 1.29 is 8.42 Å². The Balaban J connectivity index is 1.94. The van der Waals surface area contributed by atoms with Crippen LogP contribution in [-0.2, 0) is 9.84 Å². The molecule has 7 heteroatoms. The van der Waals surface area contributed by atoms with E-state index in [2.05, 4.69) is 10.3 Å². The first-order valence-electron chi connectivity index (χ1n) is 7.23. The standard InChI is InChI=1S/C15H18ClN3O2S/c1-10-6-7-11(12(16)8-10)13-9-19(18-17-13)14-4-3-5-15(14)22(2,20)21/h6-9,14-15H,3-5H2,1-2H3/t14-,15-/m1/s1. The first-order valence-corrected chi connectivity index (χ1v) is 9.57. The van der Waals surface area contributed by atoms with Gasteiger partial charge in [0.2, 0.25) is 0 Å². The SMILES string of the molecule is Cc1ccc(-c2cn([C@@H]3CCC[C@H]3S(C)(=O)=O)nn2)c(Cl)c1. The fourth-order valence-electron chi connectivity index (χ4n) is 3.10. The minimum atomic E-state index is -3.08. The molecule has 118 valence electrons. The third-order valence-electron chi connectivity index (χ3n) is 4.22. The molecule has 5 nitrogen and oxygen atoms in total. The van der Waals surface area contributed by atoms with Crippen LogP contribution in [0.25, 0.3) is 11.3 Å². The smallest absolute Gasteiger partial charge is 0.152 e. The molecule has 0 N–H and O–H groups in total. The third kappa shape index (κ3) is 2.90. The van der Waals surface area contributed by atoms with E-state index in [0.717, 1.165) is 24.0 Å². The van der Waals surface area contributed by atoms with Crippen molar-refractivity contribution >= 4 is 21.4 Å². The molecule has 22 heavy (non-hydrogen) atoms. The van der Waals surface area contributed by atoms with E-state index in [1.165, 1.54) is 6.26 Å². The van der Waals surface area contributed by atoms with Crippen LogP contribution in [0.5, 0.6) is 0 Å². The Kier molecular flexibility index (Phi) is 3.99. The summed E-state index contributed by atoms with van der Waals surface area (Å²) in [6.07, 6.45) is 5.48. The predicted octanol–water partition coefficient (Wildman–Crippen LogP) is 3.05. The van der Waals surface area contributed by atoms with Crippen LogP contribution in [0.1, 0.15) is 30.9 Å². The molecule has 1 heterocycles. The molecule has 3 rings (SSSR count). The van der Waals surface area contributed by atoms with E-state index in [9.17, 15) is 8.42 Å². The van der Waals surface area contributed by atoms with Crippen LogP contribution < -0.4 is 0 Å². The molecule has 1 aromatic carbocycles. The molecular formula is C15H18ClN3O2S. The zero-order valence-electron chi connectivity index (χ0n) is 12.5. The van der Waals surface area contributed by atoms with Crippen molar-refractivity contribution in [2.24, 2.45) is 0 Å². The van der Waals surface area contributed by atoms with Crippen molar-refractivity contribution in [2.75, 3.05) is 6.26 Å². The summed E-state index contributed by atoms with van der Waals surface area (Å²) in [5.41, 5.74) is 2.56. The molecular weight excluding hydrogens is 322 g/mol. The molecule has 0 unspecified atom stereocenters. The summed E-state index contributed by atoms with van der Waals surface area (Å²) in [7, 11) is -3.08. The van der Waals surface area contributed by atoms with Gasteiger partial charge in [0.1, 0.15) is 5.69 Å². The summed E-state index contributed by atoms with van der Waals surface area (Å²) >= 11 is 6.26. The lowest BCUT2D eigenvalue weighted by atomic mass is 10.1. The number of benzene rings is 1. The fraction of sp³-hybridized carbons (Fsp3) is 0.467. The molecule has 1 saturated carbocycles. The Labute approximate surface area is 135 Å². The van der Waals surface area contributed by atoms with Crippen molar-refractivity contribution in [1.29, 1.82) is 0 Å². The molecule has 1 aromatic heterocycles. The van der Waals surface area contributed by atoms with Crippen LogP contribution in [0, 0.1) is 6.92 Å². The van der Waals surface area contributed by atoms with Crippen LogP contribution in [0.2, 0.25) is 5.02 Å². The first kappa shape index (κ1) is 15.5. The number of sulfone groups is 1. The maximum Gasteiger partial charge on any atom is 0.152 e. The normalized spacial score (nSPS) is 22.1. The van der Waals surface area contributed by atoms with Gasteiger partial charge in [-0.15, -0.1) is 5.10 Å². The van der Waals surface area contributed by atoms with Crippen molar-refractivity contribution in [3.05, 3.63) is 35.0 Å². The Bertz CT molecular complexity index is 801. The molecule has 0 aliphatic heterocycles. The highest BCUT2D eigenvalue weighted by Gasteiger charge is 2.36. The highest BCUT2D eigenvalue weighted by atomic mass is 35.5. The number of rotatable bonds is 3. The van der Waals surface area contributed by atoms with Crippen LogP contribution in [0.4, 0.5) is 0 Å². The summed E-state index contributed by atoms with van der Waals surface area (Å²) in [4.78, 5) is 0. The van der Waals surface area contributed by atoms with Crippen molar-refractivity contribution in [3.8, 4) is 11.3 Å². The highest BCUT2D eigenvalue weighted by molar-refractivity contribution is 7.91. The average Bonchev–Trinajstić information content (AvgIpc) is 3.06. The highest BCUT2D eigenvalue weighted by Crippen LogP contribution is 2.35. The van der Waals surface area contributed by atoms with Crippen LogP contribution in [0.3, 0.4) is 0 Å². The van der Waals surface area contributed by atoms with Gasteiger partial charge in [-0.1, -0.05) is 28.9 Å². The lowest BCUT2D eigenvalue weighted by Gasteiger charge is -2.17. The lowest BCUT2D eigenvalue weighted by Crippen LogP contribution is -2.27. The van der Waals surface area contributed by atoms with E-state index in [1.807, 2.05) is 25.1 Å². The quantitative estimate of drug-likeness (QED) is 0.862. The van der Waals surface area contributed by atoms with Crippen molar-refractivity contribution in [2.45, 2.75) is 37.5 Å². The zero-order valence-corrected chi connectivity index (χ0v) is 14.1. The van der Waals surface area contributed by atoms with E-state index in [0.29, 0.717) is 17.1 Å². The maximum atomic E-state index is 11.9. The van der Waals surface area contributed by atoms with Gasteiger partial charge in [0.05, 0.1) is 22.5 Å². The molecule has 2 atom stereocenters. The second-order valence-electron chi connectivity index (χ2n) is 5.93. The summed E-state index contributed by atoms with van der Waals surface area (Å²) in [5, 5.41) is 8.56. The van der Waals surface area contributed by atoms with E-state index < -0.39 is 9.84 Å². The lowest BCUT2D eigenvalue weighted by molar-refractivity contribution is 0.447. The summed E-state index contributed by atoms with van der Waals surface area (Å²) in [6, 6.07) is 5.62. The van der Waals surface area contributed by atoms with Gasteiger partial charge in [0, 0.05) is 11.8 Å². The van der Waals surface area contributed by atoms with Gasteiger partial charge in [-0.25, -0.2) is 13.1 Å². The first-order chi connectivity index (χ1) is 10.4. The van der Waals surface area contributed by atoms with E-state index in [4.69, 9.17) is 11.6 Å². The number of hydrogen-bond acceptors (Lipinski definition) is 4. The molecule has 1 aliphatic rings. The molecule has 1 fully saturated rings. The molecule has 0 amide bonds. The molecule has 0 spiro atoms. The number of aryl methyl sites for hydroxylation is 1. The summed E-state index contributed by atoms with van der Waals surface area (Å²) < 4.78 is 25.5. The second kappa shape index (κ2) is 5.66. The number of halogens is 1. The monoisotopic (exact) mass is 339 g/mol. The van der Waals surface area contributed by atoms with Gasteiger partial charge in [-0.05, 0) is 37.8 Å². The fourth-order valence-corrected chi connectivity index (χ4v) is 4.86. The summed E-state index contributed by atoms with van der Waals surface area (Å²) in [6.45, 7) is 1.97. The predicted molar refractivity (Wildman–Crippen MR) is 86.7 cm³/mol. The van der Waals surface area contributed by atoms with Gasteiger partial charge in [0.25, 0.3) is 0 Å². The van der Waals surface area contributed by atoms with E-state index in [1.54, 1.807) is 10.9 Å². The van der Waals surface area contributed by atoms with Gasteiger partial charge in [-0.3, -0.25) is 0 Å². The second-order valence-corrected chi connectivity index (χ2v) is 8.61. The van der Waals surface area contributed by atoms with E-state index in [-0.39, 0.29) is 11.3 Å². The van der Waals surface area contributed by atoms with Crippen LogP contribution >= 0.6 is 11.6 Å². The molecule has 2 aromatic rings. The molecule has 1 aliphatic carbocycles. The minimum Gasteiger partial charge on any atom is -0.248 e. The Morgan fingerprint density at radius 2 is 2.09 bits per heavy atom. The Morgan fingerprint density at radius 3 is 2.77 bits per heavy atom. The topological polar surface area (TPSA) is 64.8 Å². The number of hydrogen-bond donors (Lipinski definition) is 0. The molecule has 0 radical (unpaired) electrons. The Morgan fingerprint density at radius 1 is 1.32 bits per heavy atom. The zero-order chi connectivity index (χ0) is 15.9. The van der Waals surface area contributed by atoms with Crippen LogP contribution in [-0.4, -0.2) is 34.9 Å². The average molecular weight is 340 g/mol. The van der Waals surface area contributed by atoms with Gasteiger partial charge in [-0.2, -0.15) is 0 Å². The van der Waals surface area contributed by atoms with E-state index >= 15 is 0 Å². The molecule has 0 bridgehead atoms. The van der Waals surface area contributed by atoms with Crippen molar-refractivity contribution in [1.82, 2.24) is 15.0 Å². The number of aromatic nitrogens is 3. The number of nitrogens with zero attached hydrogens (tertiary/aromatic N) is 3.